The minimum atomic E-state index is -0.940. The van der Waals surface area contributed by atoms with E-state index in [4.69, 9.17) is 0 Å². The quantitative estimate of drug-likeness (QED) is 0.193. The van der Waals surface area contributed by atoms with Gasteiger partial charge in [0.1, 0.15) is 23.0 Å². The first-order valence-electron chi connectivity index (χ1n) is 14.2. The molecule has 0 radical (unpaired) electrons. The van der Waals surface area contributed by atoms with Crippen LogP contribution in [-0.2, 0) is 10.8 Å². The maximum atomic E-state index is 11.6. The van der Waals surface area contributed by atoms with Gasteiger partial charge < -0.3 is 20.4 Å². The second-order valence-corrected chi connectivity index (χ2v) is 12.8. The molecule has 0 heterocycles. The van der Waals surface area contributed by atoms with E-state index in [1.54, 1.807) is 0 Å². The summed E-state index contributed by atoms with van der Waals surface area (Å²) in [6.07, 6.45) is 0.333. The zero-order valence-electron chi connectivity index (χ0n) is 26.1. The van der Waals surface area contributed by atoms with Crippen molar-refractivity contribution in [2.75, 3.05) is 0 Å². The highest BCUT2D eigenvalue weighted by atomic mass is 16.3. The van der Waals surface area contributed by atoms with Gasteiger partial charge in [0, 0.05) is 33.1 Å². The molecule has 216 valence electrons. The highest BCUT2D eigenvalue weighted by Crippen LogP contribution is 2.55. The van der Waals surface area contributed by atoms with Crippen LogP contribution in [0.3, 0.4) is 0 Å². The molecule has 4 nitrogen and oxygen atoms in total. The third-order valence-electron chi connectivity index (χ3n) is 8.86. The number of benzene rings is 4. The molecule has 0 aromatic heterocycles. The zero-order chi connectivity index (χ0) is 30.6. The minimum Gasteiger partial charge on any atom is -0.507 e. The van der Waals surface area contributed by atoms with E-state index in [9.17, 15) is 20.4 Å². The van der Waals surface area contributed by atoms with E-state index in [1.807, 2.05) is 118 Å². The van der Waals surface area contributed by atoms with Crippen LogP contribution in [0.25, 0.3) is 0 Å². The van der Waals surface area contributed by atoms with Gasteiger partial charge in [-0.05, 0) is 84.1 Å². The van der Waals surface area contributed by atoms with Gasteiger partial charge in [0.05, 0.1) is 0 Å². The van der Waals surface area contributed by atoms with Gasteiger partial charge in [0.2, 0.25) is 0 Å². The molecular weight excluding hydrogens is 508 g/mol. The Kier molecular flexibility index (Phi) is 7.68. The Labute approximate surface area is 245 Å². The molecule has 0 spiro atoms. The summed E-state index contributed by atoms with van der Waals surface area (Å²) in [4.78, 5) is 0. The van der Waals surface area contributed by atoms with Crippen molar-refractivity contribution in [1.29, 1.82) is 0 Å². The van der Waals surface area contributed by atoms with Gasteiger partial charge >= 0.3 is 0 Å². The summed E-state index contributed by atoms with van der Waals surface area (Å²) in [6, 6.07) is 15.8. The molecule has 4 aromatic rings. The summed E-state index contributed by atoms with van der Waals surface area (Å²) >= 11 is 0. The maximum absolute atomic E-state index is 11.6. The van der Waals surface area contributed by atoms with Gasteiger partial charge in [-0.3, -0.25) is 0 Å². The molecule has 4 aromatic carbocycles. The molecule has 0 saturated carbocycles. The van der Waals surface area contributed by atoms with Crippen molar-refractivity contribution in [3.05, 3.63) is 115 Å². The predicted molar refractivity (Wildman–Crippen MR) is 168 cm³/mol. The number of aromatic hydroxyl groups is 4. The summed E-state index contributed by atoms with van der Waals surface area (Å²) in [5.41, 5.74) is 7.86. The molecule has 0 aliphatic heterocycles. The van der Waals surface area contributed by atoms with Crippen molar-refractivity contribution in [2.45, 2.75) is 86.5 Å². The van der Waals surface area contributed by atoms with Gasteiger partial charge in [-0.2, -0.15) is 0 Å². The lowest BCUT2D eigenvalue weighted by Gasteiger charge is -2.43. The molecule has 0 aliphatic carbocycles. The van der Waals surface area contributed by atoms with Crippen molar-refractivity contribution in [1.82, 2.24) is 0 Å². The van der Waals surface area contributed by atoms with Crippen LogP contribution in [0.2, 0.25) is 0 Å². The van der Waals surface area contributed by atoms with E-state index in [1.165, 1.54) is 0 Å². The van der Waals surface area contributed by atoms with E-state index in [2.05, 4.69) is 0 Å². The highest BCUT2D eigenvalue weighted by molar-refractivity contribution is 5.61. The lowest BCUT2D eigenvalue weighted by Crippen LogP contribution is -2.37. The number of phenolic OH excluding ortho intramolecular Hbond substituents is 4. The van der Waals surface area contributed by atoms with Crippen molar-refractivity contribution in [3.8, 4) is 23.0 Å². The summed E-state index contributed by atoms with van der Waals surface area (Å²) in [7, 11) is 0. The average molecular weight is 553 g/mol. The van der Waals surface area contributed by atoms with Crippen molar-refractivity contribution in [2.24, 2.45) is 0 Å². The number of hydrogen-bond donors (Lipinski definition) is 4. The molecular formula is C37H44O4. The first-order chi connectivity index (χ1) is 19.0. The standard InChI is InChI=1S/C37H44O4/c1-20-11-24(5)32(38)28(15-20)36(9,29-16-21(2)12-25(6)33(29)39)19-37(10,30-17-22(3)13-26(7)34(30)40)31-18-23(4)14-27(8)35(31)41/h11-18,38-41H,19H2,1-10H3. The average Bonchev–Trinajstić information content (AvgIpc) is 2.87. The van der Waals surface area contributed by atoms with Gasteiger partial charge in [-0.15, -0.1) is 0 Å². The van der Waals surface area contributed by atoms with Crippen molar-refractivity contribution >= 4 is 0 Å². The molecule has 0 amide bonds. The number of aryl methyl sites for hydroxylation is 8. The summed E-state index contributed by atoms with van der Waals surface area (Å²) < 4.78 is 0. The second-order valence-electron chi connectivity index (χ2n) is 12.8. The first kappa shape index (κ1) is 30.0. The van der Waals surface area contributed by atoms with Crippen LogP contribution in [0.5, 0.6) is 23.0 Å². The summed E-state index contributed by atoms with van der Waals surface area (Å²) in [5, 5.41) is 46.4. The van der Waals surface area contributed by atoms with Crippen molar-refractivity contribution < 1.29 is 20.4 Å². The molecule has 4 N–H and O–H groups in total. The van der Waals surface area contributed by atoms with Crippen LogP contribution < -0.4 is 0 Å². The molecule has 0 fully saturated rings. The van der Waals surface area contributed by atoms with Gasteiger partial charge in [0.25, 0.3) is 0 Å². The van der Waals surface area contributed by atoms with Gasteiger partial charge in [-0.25, -0.2) is 0 Å². The number of phenols is 4. The molecule has 0 unspecified atom stereocenters. The molecule has 4 heteroatoms. The third-order valence-corrected chi connectivity index (χ3v) is 8.86. The number of rotatable bonds is 6. The smallest absolute Gasteiger partial charge is 0.122 e. The SMILES string of the molecule is Cc1cc(C)c(O)c(C(C)(CC(C)(c2cc(C)cc(C)c2O)c2cc(C)cc(C)c2O)c2cc(C)cc(C)c2O)c1. The fourth-order valence-corrected chi connectivity index (χ4v) is 6.90. The van der Waals surface area contributed by atoms with Crippen LogP contribution in [0.1, 0.15) is 87.0 Å². The van der Waals surface area contributed by atoms with E-state index in [0.717, 1.165) is 44.5 Å². The van der Waals surface area contributed by atoms with E-state index < -0.39 is 10.8 Å². The molecule has 0 atom stereocenters. The van der Waals surface area contributed by atoms with E-state index in [-0.39, 0.29) is 23.0 Å². The Morgan fingerprint density at radius 2 is 0.585 bits per heavy atom. The first-order valence-corrected chi connectivity index (χ1v) is 14.2. The topological polar surface area (TPSA) is 80.9 Å². The molecule has 4 rings (SSSR count). The van der Waals surface area contributed by atoms with Crippen LogP contribution in [0.4, 0.5) is 0 Å². The fourth-order valence-electron chi connectivity index (χ4n) is 6.90. The monoisotopic (exact) mass is 552 g/mol. The minimum absolute atomic E-state index is 0.174. The third kappa shape index (κ3) is 5.16. The van der Waals surface area contributed by atoms with Crippen LogP contribution in [0.15, 0.2) is 48.5 Å². The lowest BCUT2D eigenvalue weighted by atomic mass is 9.60. The normalized spacial score (nSPS) is 12.1. The Bertz CT molecular complexity index is 1420. The van der Waals surface area contributed by atoms with Crippen LogP contribution in [0, 0.1) is 55.4 Å². The van der Waals surface area contributed by atoms with E-state index in [0.29, 0.717) is 28.7 Å². The Morgan fingerprint density at radius 1 is 0.390 bits per heavy atom. The van der Waals surface area contributed by atoms with Crippen LogP contribution in [-0.4, -0.2) is 20.4 Å². The van der Waals surface area contributed by atoms with Gasteiger partial charge in [-0.1, -0.05) is 84.6 Å². The maximum Gasteiger partial charge on any atom is 0.122 e. The Balaban J connectivity index is 2.19. The molecule has 41 heavy (non-hydrogen) atoms. The van der Waals surface area contributed by atoms with E-state index >= 15 is 0 Å². The molecule has 0 aliphatic rings. The summed E-state index contributed by atoms with van der Waals surface area (Å²) in [6.45, 7) is 19.7. The van der Waals surface area contributed by atoms with Crippen LogP contribution >= 0.6 is 0 Å². The Morgan fingerprint density at radius 3 is 0.780 bits per heavy atom. The zero-order valence-corrected chi connectivity index (χ0v) is 26.1. The number of hydrogen-bond acceptors (Lipinski definition) is 4. The fraction of sp³-hybridized carbons (Fsp3) is 0.351. The predicted octanol–water partition coefficient (Wildman–Crippen LogP) is 8.68. The lowest BCUT2D eigenvalue weighted by molar-refractivity contribution is 0.341. The van der Waals surface area contributed by atoms with Crippen molar-refractivity contribution in [3.63, 3.8) is 0 Å². The second kappa shape index (κ2) is 10.5. The highest BCUT2D eigenvalue weighted by Gasteiger charge is 2.45. The molecule has 0 bridgehead atoms. The Hall–Kier alpha value is -3.92. The van der Waals surface area contributed by atoms with Gasteiger partial charge in [0.15, 0.2) is 0 Å². The summed E-state index contributed by atoms with van der Waals surface area (Å²) in [5.74, 6) is 0.697. The largest absolute Gasteiger partial charge is 0.507 e. The molecule has 0 saturated heterocycles.